The quantitative estimate of drug-likeness (QED) is 0.467. The Balaban J connectivity index is 1.53. The van der Waals surface area contributed by atoms with Gasteiger partial charge in [0, 0.05) is 27.1 Å². The Morgan fingerprint density at radius 1 is 1.25 bits per heavy atom. The van der Waals surface area contributed by atoms with Crippen LogP contribution in [0.25, 0.3) is 10.9 Å². The molecule has 5 nitrogen and oxygen atoms in total. The van der Waals surface area contributed by atoms with Crippen molar-refractivity contribution < 1.29 is 9.18 Å². The summed E-state index contributed by atoms with van der Waals surface area (Å²) in [5.41, 5.74) is 3.53. The van der Waals surface area contributed by atoms with Gasteiger partial charge in [0.05, 0.1) is 19.2 Å². The van der Waals surface area contributed by atoms with Crippen LogP contribution in [0.5, 0.6) is 0 Å². The maximum atomic E-state index is 13.6. The number of nitrogens with zero attached hydrogens (tertiary/aromatic N) is 2. The predicted octanol–water partition coefficient (Wildman–Crippen LogP) is 4.80. The van der Waals surface area contributed by atoms with Crippen molar-refractivity contribution in [1.82, 2.24) is 14.8 Å². The van der Waals surface area contributed by atoms with E-state index < -0.39 is 0 Å². The van der Waals surface area contributed by atoms with Gasteiger partial charge in [-0.25, -0.2) is 9.07 Å². The van der Waals surface area contributed by atoms with E-state index in [0.717, 1.165) is 32.2 Å². The molecule has 142 valence electrons. The van der Waals surface area contributed by atoms with Gasteiger partial charge in [0.15, 0.2) is 0 Å². The largest absolute Gasteiger partial charge is 0.358 e. The van der Waals surface area contributed by atoms with Crippen LogP contribution in [0.4, 0.5) is 10.2 Å². The molecule has 7 heteroatoms. The number of fused-ring (bicyclic) bond motifs is 1. The first-order chi connectivity index (χ1) is 13.5. The van der Waals surface area contributed by atoms with Crippen LogP contribution in [0.3, 0.4) is 0 Å². The lowest BCUT2D eigenvalue weighted by atomic mass is 10.1. The van der Waals surface area contributed by atoms with Crippen LogP contribution in [-0.4, -0.2) is 20.7 Å². The maximum Gasteiger partial charge on any atom is 0.230 e. The monoisotopic (exact) mass is 440 g/mol. The zero-order valence-corrected chi connectivity index (χ0v) is 16.8. The average molecular weight is 441 g/mol. The number of carbonyl (C=O) groups excluding carboxylic acids is 1. The number of benzene rings is 2. The standard InChI is InChI=1S/C21H18BrFN4O/c1-13-16(17-10-15(23)6-7-19(17)25-13)11-21(28)26-20-8-9-24-27(20)12-14-4-2-3-5-18(14)22/h2-10,25H,11-12H2,1H3,(H,26,28). The number of H-pyrrole nitrogens is 1. The van der Waals surface area contributed by atoms with Crippen molar-refractivity contribution in [3.63, 3.8) is 0 Å². The Kier molecular flexibility index (Phi) is 5.00. The number of hydrogen-bond acceptors (Lipinski definition) is 2. The first-order valence-electron chi connectivity index (χ1n) is 8.83. The Bertz CT molecular complexity index is 1160. The van der Waals surface area contributed by atoms with E-state index in [0.29, 0.717) is 12.4 Å². The van der Waals surface area contributed by atoms with Crippen molar-refractivity contribution >= 4 is 38.6 Å². The molecule has 2 N–H and O–H groups in total. The van der Waals surface area contributed by atoms with E-state index in [1.54, 1.807) is 23.0 Å². The fraction of sp³-hybridized carbons (Fsp3) is 0.143. The molecule has 2 heterocycles. The molecule has 4 aromatic rings. The fourth-order valence-electron chi connectivity index (χ4n) is 3.28. The number of carbonyl (C=O) groups is 1. The number of nitrogens with one attached hydrogen (secondary N) is 2. The van der Waals surface area contributed by atoms with E-state index in [1.807, 2.05) is 31.2 Å². The molecular weight excluding hydrogens is 423 g/mol. The molecule has 0 fully saturated rings. The summed E-state index contributed by atoms with van der Waals surface area (Å²) in [7, 11) is 0. The lowest BCUT2D eigenvalue weighted by Gasteiger charge is -2.10. The van der Waals surface area contributed by atoms with Crippen molar-refractivity contribution in [2.45, 2.75) is 19.9 Å². The van der Waals surface area contributed by atoms with E-state index in [2.05, 4.69) is 31.3 Å². The molecule has 0 saturated carbocycles. The molecule has 0 aliphatic heterocycles. The number of hydrogen-bond donors (Lipinski definition) is 2. The summed E-state index contributed by atoms with van der Waals surface area (Å²) in [4.78, 5) is 15.9. The lowest BCUT2D eigenvalue weighted by molar-refractivity contribution is -0.115. The third-order valence-electron chi connectivity index (χ3n) is 4.68. The zero-order valence-electron chi connectivity index (χ0n) is 15.2. The van der Waals surface area contributed by atoms with Crippen LogP contribution in [-0.2, 0) is 17.8 Å². The fourth-order valence-corrected chi connectivity index (χ4v) is 3.69. The lowest BCUT2D eigenvalue weighted by Crippen LogP contribution is -2.18. The number of halogens is 2. The van der Waals surface area contributed by atoms with Gasteiger partial charge in [-0.1, -0.05) is 34.1 Å². The van der Waals surface area contributed by atoms with Gasteiger partial charge in [0.1, 0.15) is 11.6 Å². The van der Waals surface area contributed by atoms with Crippen molar-refractivity contribution in [3.8, 4) is 0 Å². The SMILES string of the molecule is Cc1[nH]c2ccc(F)cc2c1CC(=O)Nc1ccnn1Cc1ccccc1Br. The Morgan fingerprint density at radius 2 is 2.07 bits per heavy atom. The van der Waals surface area contributed by atoms with Crippen LogP contribution in [0.2, 0.25) is 0 Å². The summed E-state index contributed by atoms with van der Waals surface area (Å²) >= 11 is 3.53. The maximum absolute atomic E-state index is 13.6. The molecule has 4 rings (SSSR count). The highest BCUT2D eigenvalue weighted by molar-refractivity contribution is 9.10. The molecule has 28 heavy (non-hydrogen) atoms. The van der Waals surface area contributed by atoms with Gasteiger partial charge >= 0.3 is 0 Å². The molecule has 2 aromatic carbocycles. The van der Waals surface area contributed by atoms with Gasteiger partial charge in [-0.2, -0.15) is 5.10 Å². The molecule has 0 bridgehead atoms. The molecule has 0 aliphatic rings. The summed E-state index contributed by atoms with van der Waals surface area (Å²) < 4.78 is 16.4. The normalized spacial score (nSPS) is 11.1. The Morgan fingerprint density at radius 3 is 2.89 bits per heavy atom. The number of amides is 1. The van der Waals surface area contributed by atoms with Crippen LogP contribution in [0.15, 0.2) is 59.2 Å². The first-order valence-corrected chi connectivity index (χ1v) is 9.62. The minimum absolute atomic E-state index is 0.148. The highest BCUT2D eigenvalue weighted by atomic mass is 79.9. The van der Waals surface area contributed by atoms with E-state index in [4.69, 9.17) is 0 Å². The average Bonchev–Trinajstić information content (AvgIpc) is 3.21. The third-order valence-corrected chi connectivity index (χ3v) is 5.45. The molecular formula is C21H18BrFN4O. The number of aromatic nitrogens is 3. The summed E-state index contributed by atoms with van der Waals surface area (Å²) in [6, 6.07) is 14.2. The second-order valence-electron chi connectivity index (χ2n) is 6.61. The van der Waals surface area contributed by atoms with Gasteiger partial charge in [0.25, 0.3) is 0 Å². The molecule has 0 spiro atoms. The number of anilines is 1. The second kappa shape index (κ2) is 7.59. The molecule has 0 aliphatic carbocycles. The van der Waals surface area contributed by atoms with Crippen molar-refractivity contribution in [2.75, 3.05) is 5.32 Å². The predicted molar refractivity (Wildman–Crippen MR) is 111 cm³/mol. The third kappa shape index (κ3) is 3.71. The van der Waals surface area contributed by atoms with Crippen LogP contribution >= 0.6 is 15.9 Å². The number of aromatic amines is 1. The van der Waals surface area contributed by atoms with Crippen LogP contribution in [0, 0.1) is 12.7 Å². The zero-order chi connectivity index (χ0) is 19.7. The number of aryl methyl sites for hydroxylation is 1. The van der Waals surface area contributed by atoms with E-state index in [1.165, 1.54) is 12.1 Å². The smallest absolute Gasteiger partial charge is 0.230 e. The minimum atomic E-state index is -0.320. The van der Waals surface area contributed by atoms with Crippen molar-refractivity contribution in [1.29, 1.82) is 0 Å². The molecule has 0 saturated heterocycles. The van der Waals surface area contributed by atoms with Crippen molar-refractivity contribution in [3.05, 3.63) is 81.8 Å². The highest BCUT2D eigenvalue weighted by Gasteiger charge is 2.15. The summed E-state index contributed by atoms with van der Waals surface area (Å²) in [5, 5.41) is 7.95. The number of rotatable bonds is 5. The molecule has 0 atom stereocenters. The van der Waals surface area contributed by atoms with Gasteiger partial charge in [0.2, 0.25) is 5.91 Å². The molecule has 0 unspecified atom stereocenters. The van der Waals surface area contributed by atoms with Crippen molar-refractivity contribution in [2.24, 2.45) is 0 Å². The Hall–Kier alpha value is -2.93. The topological polar surface area (TPSA) is 62.7 Å². The molecule has 2 aromatic heterocycles. The van der Waals surface area contributed by atoms with E-state index in [-0.39, 0.29) is 18.1 Å². The molecule has 0 radical (unpaired) electrons. The van der Waals surface area contributed by atoms with Crippen LogP contribution < -0.4 is 5.32 Å². The van der Waals surface area contributed by atoms with Gasteiger partial charge in [-0.15, -0.1) is 0 Å². The summed E-state index contributed by atoms with van der Waals surface area (Å²) in [5.74, 6) is 0.117. The Labute approximate surface area is 169 Å². The van der Waals surface area contributed by atoms with Crippen LogP contribution in [0.1, 0.15) is 16.8 Å². The first kappa shape index (κ1) is 18.4. The van der Waals surface area contributed by atoms with Gasteiger partial charge in [-0.3, -0.25) is 4.79 Å². The minimum Gasteiger partial charge on any atom is -0.358 e. The van der Waals surface area contributed by atoms with E-state index in [9.17, 15) is 9.18 Å². The van der Waals surface area contributed by atoms with Gasteiger partial charge < -0.3 is 10.3 Å². The van der Waals surface area contributed by atoms with Gasteiger partial charge in [-0.05, 0) is 42.3 Å². The second-order valence-corrected chi connectivity index (χ2v) is 7.46. The van der Waals surface area contributed by atoms with E-state index >= 15 is 0 Å². The summed E-state index contributed by atoms with van der Waals surface area (Å²) in [6.45, 7) is 2.42. The molecule has 1 amide bonds. The summed E-state index contributed by atoms with van der Waals surface area (Å²) in [6.07, 6.45) is 1.80. The highest BCUT2D eigenvalue weighted by Crippen LogP contribution is 2.24.